The van der Waals surface area contributed by atoms with Crippen LogP contribution in [0.25, 0.3) is 10.9 Å². The highest BCUT2D eigenvalue weighted by Crippen LogP contribution is 2.34. The predicted octanol–water partition coefficient (Wildman–Crippen LogP) is 4.64. The number of hydrogen-bond acceptors (Lipinski definition) is 4. The van der Waals surface area contributed by atoms with E-state index < -0.39 is 0 Å². The zero-order valence-corrected chi connectivity index (χ0v) is 15.8. The van der Waals surface area contributed by atoms with E-state index in [1.54, 1.807) is 28.8 Å². The van der Waals surface area contributed by atoms with Crippen molar-refractivity contribution in [1.82, 2.24) is 4.57 Å². The third-order valence-electron chi connectivity index (χ3n) is 4.45. The second-order valence-corrected chi connectivity index (χ2v) is 6.39. The van der Waals surface area contributed by atoms with E-state index in [9.17, 15) is 9.90 Å². The van der Waals surface area contributed by atoms with Gasteiger partial charge in [0.2, 0.25) is 5.75 Å². The van der Waals surface area contributed by atoms with E-state index >= 15 is 0 Å². The molecule has 2 rings (SSSR count). The molecule has 0 aliphatic rings. The lowest BCUT2D eigenvalue weighted by Gasteiger charge is -2.17. The van der Waals surface area contributed by atoms with Gasteiger partial charge in [-0.2, -0.15) is 0 Å². The number of benzene rings is 1. The Kier molecular flexibility index (Phi) is 7.57. The number of methoxy groups -OCH3 is 1. The first-order valence-electron chi connectivity index (χ1n) is 9.31. The van der Waals surface area contributed by atoms with Crippen LogP contribution in [0.4, 0.5) is 0 Å². The minimum atomic E-state index is -0.240. The van der Waals surface area contributed by atoms with Gasteiger partial charge in [0, 0.05) is 18.0 Å². The Labute approximate surface area is 154 Å². The van der Waals surface area contributed by atoms with Crippen molar-refractivity contribution in [2.75, 3.05) is 13.7 Å². The molecule has 0 saturated carbocycles. The van der Waals surface area contributed by atoms with Crippen LogP contribution in [0, 0.1) is 0 Å². The van der Waals surface area contributed by atoms with Crippen LogP contribution in [0.2, 0.25) is 0 Å². The summed E-state index contributed by atoms with van der Waals surface area (Å²) in [5, 5.41) is 10.6. The highest BCUT2D eigenvalue weighted by molar-refractivity contribution is 5.89. The number of phenols is 1. The van der Waals surface area contributed by atoms with Crippen LogP contribution in [0.1, 0.15) is 45.4 Å². The fraction of sp³-hybridized carbons (Fsp3) is 0.476. The van der Waals surface area contributed by atoms with Crippen molar-refractivity contribution < 1.29 is 14.6 Å². The summed E-state index contributed by atoms with van der Waals surface area (Å²) >= 11 is 0. The summed E-state index contributed by atoms with van der Waals surface area (Å²) in [4.78, 5) is 13.0. The molecule has 142 valence electrons. The number of nitrogens with zero attached hydrogens (tertiary/aromatic N) is 1. The van der Waals surface area contributed by atoms with Crippen molar-refractivity contribution >= 4 is 10.9 Å². The van der Waals surface area contributed by atoms with Gasteiger partial charge in [-0.3, -0.25) is 4.79 Å². The molecule has 0 atom stereocenters. The number of phenolic OH excluding ortho intramolecular Hbond substituents is 1. The Morgan fingerprint density at radius 2 is 1.88 bits per heavy atom. The van der Waals surface area contributed by atoms with Gasteiger partial charge in [0.05, 0.1) is 12.6 Å². The smallest absolute Gasteiger partial charge is 0.297 e. The first-order valence-corrected chi connectivity index (χ1v) is 9.31. The van der Waals surface area contributed by atoms with Crippen molar-refractivity contribution in [3.63, 3.8) is 0 Å². The molecule has 5 nitrogen and oxygen atoms in total. The third-order valence-corrected chi connectivity index (χ3v) is 4.45. The topological polar surface area (TPSA) is 60.7 Å². The number of rotatable bonds is 11. The number of aryl methyl sites for hydroxylation is 1. The highest BCUT2D eigenvalue weighted by Gasteiger charge is 2.19. The molecule has 5 heteroatoms. The summed E-state index contributed by atoms with van der Waals surface area (Å²) in [7, 11) is 1.51. The minimum Gasteiger partial charge on any atom is -0.508 e. The lowest BCUT2D eigenvalue weighted by molar-refractivity contribution is 0.321. The van der Waals surface area contributed by atoms with Gasteiger partial charge < -0.3 is 19.1 Å². The van der Waals surface area contributed by atoms with Gasteiger partial charge in [0.1, 0.15) is 12.4 Å². The molecule has 0 fully saturated rings. The fourth-order valence-electron chi connectivity index (χ4n) is 3.13. The Bertz CT molecular complexity index is 795. The van der Waals surface area contributed by atoms with Gasteiger partial charge in [-0.25, -0.2) is 0 Å². The number of fused-ring (bicyclic) bond motifs is 1. The average molecular weight is 359 g/mol. The third kappa shape index (κ3) is 4.59. The molecule has 26 heavy (non-hydrogen) atoms. The maximum Gasteiger partial charge on any atom is 0.297 e. The Morgan fingerprint density at radius 3 is 2.58 bits per heavy atom. The molecule has 1 N–H and O–H groups in total. The van der Waals surface area contributed by atoms with Crippen molar-refractivity contribution in [3.05, 3.63) is 41.2 Å². The largest absolute Gasteiger partial charge is 0.508 e. The van der Waals surface area contributed by atoms with Crippen LogP contribution in [0.5, 0.6) is 17.2 Å². The second-order valence-electron chi connectivity index (χ2n) is 6.39. The van der Waals surface area contributed by atoms with Gasteiger partial charge in [-0.05, 0) is 18.6 Å². The standard InChI is InChI=1S/C21H29NO4/c1-4-6-7-8-9-10-13-22-18-15-16(23)11-12-17(18)19(25-3)20(21(22)24)26-14-5-2/h5,11-12,15,23H,2,4,6-10,13-14H2,1,3H3. The van der Waals surface area contributed by atoms with Crippen LogP contribution >= 0.6 is 0 Å². The molecule has 0 aliphatic carbocycles. The second kappa shape index (κ2) is 9.90. The van der Waals surface area contributed by atoms with Crippen LogP contribution in [0.15, 0.2) is 35.6 Å². The molecule has 0 amide bonds. The maximum atomic E-state index is 13.0. The van der Waals surface area contributed by atoms with Crippen molar-refractivity contribution in [3.8, 4) is 17.2 Å². The zero-order chi connectivity index (χ0) is 18.9. The zero-order valence-electron chi connectivity index (χ0n) is 15.8. The first kappa shape index (κ1) is 19.9. The normalized spacial score (nSPS) is 10.8. The lowest BCUT2D eigenvalue weighted by Crippen LogP contribution is -2.23. The summed E-state index contributed by atoms with van der Waals surface area (Å²) in [6.45, 7) is 6.64. The molecular formula is C21H29NO4. The van der Waals surface area contributed by atoms with E-state index in [2.05, 4.69) is 13.5 Å². The van der Waals surface area contributed by atoms with Gasteiger partial charge in [-0.15, -0.1) is 0 Å². The highest BCUT2D eigenvalue weighted by atomic mass is 16.5. The number of aromatic hydroxyl groups is 1. The number of aromatic nitrogens is 1. The van der Waals surface area contributed by atoms with Gasteiger partial charge in [0.25, 0.3) is 5.56 Å². The Balaban J connectivity index is 2.39. The summed E-state index contributed by atoms with van der Waals surface area (Å²) < 4.78 is 12.7. The quantitative estimate of drug-likeness (QED) is 0.469. The van der Waals surface area contributed by atoms with E-state index in [0.717, 1.165) is 18.2 Å². The van der Waals surface area contributed by atoms with E-state index in [-0.39, 0.29) is 23.7 Å². The fourth-order valence-corrected chi connectivity index (χ4v) is 3.13. The summed E-state index contributed by atoms with van der Waals surface area (Å²) in [5.74, 6) is 0.707. The number of ether oxygens (including phenoxy) is 2. The number of hydrogen-bond donors (Lipinski definition) is 1. The van der Waals surface area contributed by atoms with E-state index in [1.807, 2.05) is 0 Å². The molecule has 1 heterocycles. The summed E-state index contributed by atoms with van der Waals surface area (Å²) in [5.41, 5.74) is 0.418. The predicted molar refractivity (Wildman–Crippen MR) is 105 cm³/mol. The van der Waals surface area contributed by atoms with Gasteiger partial charge >= 0.3 is 0 Å². The van der Waals surface area contributed by atoms with Crippen molar-refractivity contribution in [1.29, 1.82) is 0 Å². The van der Waals surface area contributed by atoms with E-state index in [4.69, 9.17) is 9.47 Å². The Morgan fingerprint density at radius 1 is 1.15 bits per heavy atom. The monoisotopic (exact) mass is 359 g/mol. The maximum absolute atomic E-state index is 13.0. The van der Waals surface area contributed by atoms with Gasteiger partial charge in [0.15, 0.2) is 5.75 Å². The van der Waals surface area contributed by atoms with Crippen LogP contribution in [0.3, 0.4) is 0 Å². The minimum absolute atomic E-state index is 0.121. The number of unbranched alkanes of at least 4 members (excludes halogenated alkanes) is 5. The molecular weight excluding hydrogens is 330 g/mol. The van der Waals surface area contributed by atoms with Gasteiger partial charge in [-0.1, -0.05) is 51.7 Å². The molecule has 2 aromatic rings. The molecule has 1 aromatic heterocycles. The summed E-state index contributed by atoms with van der Waals surface area (Å²) in [6, 6.07) is 4.94. The molecule has 0 unspecified atom stereocenters. The van der Waals surface area contributed by atoms with Crippen molar-refractivity contribution in [2.24, 2.45) is 0 Å². The van der Waals surface area contributed by atoms with Crippen LogP contribution in [-0.2, 0) is 6.54 Å². The van der Waals surface area contributed by atoms with Crippen LogP contribution < -0.4 is 15.0 Å². The molecule has 0 aliphatic heterocycles. The van der Waals surface area contributed by atoms with E-state index in [0.29, 0.717) is 17.8 Å². The van der Waals surface area contributed by atoms with E-state index in [1.165, 1.54) is 32.8 Å². The average Bonchev–Trinajstić information content (AvgIpc) is 2.64. The molecule has 1 aromatic carbocycles. The molecule has 0 saturated heterocycles. The van der Waals surface area contributed by atoms with Crippen LogP contribution in [-0.4, -0.2) is 23.4 Å². The number of pyridine rings is 1. The van der Waals surface area contributed by atoms with Crippen molar-refractivity contribution in [2.45, 2.75) is 52.0 Å². The SMILES string of the molecule is C=CCOc1c(OC)c2ccc(O)cc2n(CCCCCCCC)c1=O. The Hall–Kier alpha value is -2.43. The molecule has 0 spiro atoms. The molecule has 0 radical (unpaired) electrons. The lowest BCUT2D eigenvalue weighted by atomic mass is 10.1. The summed E-state index contributed by atoms with van der Waals surface area (Å²) in [6.07, 6.45) is 8.43. The first-order chi connectivity index (χ1) is 12.6. The molecule has 0 bridgehead atoms.